The zero-order chi connectivity index (χ0) is 12.8. The summed E-state index contributed by atoms with van der Waals surface area (Å²) in [4.78, 5) is 21.7. The molecular formula is C9H14N4O4. The number of methoxy groups -OCH3 is 1. The Morgan fingerprint density at radius 2 is 2.41 bits per heavy atom. The normalized spacial score (nSPS) is 10.2. The van der Waals surface area contributed by atoms with Gasteiger partial charge in [0.15, 0.2) is 0 Å². The fraction of sp³-hybridized carbons (Fsp3) is 0.556. The van der Waals surface area contributed by atoms with E-state index in [-0.39, 0.29) is 11.4 Å². The van der Waals surface area contributed by atoms with Gasteiger partial charge in [-0.3, -0.25) is 19.6 Å². The van der Waals surface area contributed by atoms with E-state index in [2.05, 4.69) is 10.4 Å². The van der Waals surface area contributed by atoms with Gasteiger partial charge in [0.05, 0.1) is 4.92 Å². The summed E-state index contributed by atoms with van der Waals surface area (Å²) in [5.41, 5.74) is -0.343. The van der Waals surface area contributed by atoms with E-state index in [4.69, 9.17) is 4.74 Å². The molecule has 0 saturated carbocycles. The minimum atomic E-state index is -0.628. The molecule has 0 aliphatic heterocycles. The lowest BCUT2D eigenvalue weighted by molar-refractivity contribution is -0.385. The Kier molecular flexibility index (Phi) is 4.58. The van der Waals surface area contributed by atoms with Crippen LogP contribution in [-0.4, -0.2) is 40.9 Å². The van der Waals surface area contributed by atoms with Crippen molar-refractivity contribution in [3.8, 4) is 0 Å². The summed E-state index contributed by atoms with van der Waals surface area (Å²) >= 11 is 0. The second-order valence-electron chi connectivity index (χ2n) is 3.36. The fourth-order valence-electron chi connectivity index (χ4n) is 1.32. The number of nitro groups is 1. The first-order chi connectivity index (χ1) is 8.07. The highest BCUT2D eigenvalue weighted by molar-refractivity contribution is 5.96. The van der Waals surface area contributed by atoms with Gasteiger partial charge in [-0.25, -0.2) is 0 Å². The summed E-state index contributed by atoms with van der Waals surface area (Å²) in [6.45, 7) is 0.919. The second kappa shape index (κ2) is 5.94. The number of hydrogen-bond donors (Lipinski definition) is 1. The molecule has 0 radical (unpaired) electrons. The van der Waals surface area contributed by atoms with Crippen LogP contribution in [0, 0.1) is 10.1 Å². The second-order valence-corrected chi connectivity index (χ2v) is 3.36. The molecule has 1 aromatic rings. The molecule has 94 valence electrons. The average molecular weight is 242 g/mol. The molecule has 0 aliphatic carbocycles. The summed E-state index contributed by atoms with van der Waals surface area (Å²) in [7, 11) is 3.05. The van der Waals surface area contributed by atoms with E-state index in [0.29, 0.717) is 19.6 Å². The minimum absolute atomic E-state index is 0.0487. The quantitative estimate of drug-likeness (QED) is 0.433. The largest absolute Gasteiger partial charge is 0.385 e. The maximum Gasteiger partial charge on any atom is 0.320 e. The Morgan fingerprint density at radius 3 is 3.00 bits per heavy atom. The molecule has 1 rings (SSSR count). The molecule has 0 bridgehead atoms. The number of aryl methyl sites for hydroxylation is 1. The molecule has 1 heterocycles. The molecule has 8 nitrogen and oxygen atoms in total. The molecule has 17 heavy (non-hydrogen) atoms. The van der Waals surface area contributed by atoms with Gasteiger partial charge in [0, 0.05) is 27.3 Å². The van der Waals surface area contributed by atoms with Crippen LogP contribution in [0.25, 0.3) is 0 Å². The van der Waals surface area contributed by atoms with E-state index in [1.54, 1.807) is 7.11 Å². The first kappa shape index (κ1) is 13.1. The summed E-state index contributed by atoms with van der Waals surface area (Å²) in [6, 6.07) is 0. The number of nitrogens with one attached hydrogen (secondary N) is 1. The molecule has 0 atom stereocenters. The van der Waals surface area contributed by atoms with Crippen LogP contribution in [0.15, 0.2) is 6.20 Å². The third kappa shape index (κ3) is 3.25. The number of aromatic nitrogens is 2. The van der Waals surface area contributed by atoms with Crippen LogP contribution >= 0.6 is 0 Å². The number of hydrogen-bond acceptors (Lipinski definition) is 5. The van der Waals surface area contributed by atoms with Crippen LogP contribution in [0.2, 0.25) is 0 Å². The van der Waals surface area contributed by atoms with Crippen molar-refractivity contribution in [1.29, 1.82) is 0 Å². The lowest BCUT2D eigenvalue weighted by atomic mass is 10.3. The van der Waals surface area contributed by atoms with Crippen molar-refractivity contribution < 1.29 is 14.5 Å². The molecule has 1 aromatic heterocycles. The van der Waals surface area contributed by atoms with Crippen LogP contribution in [0.3, 0.4) is 0 Å². The first-order valence-electron chi connectivity index (χ1n) is 5.01. The number of nitrogens with zero attached hydrogens (tertiary/aromatic N) is 3. The molecule has 0 unspecified atom stereocenters. The average Bonchev–Trinajstić information content (AvgIpc) is 2.66. The Balaban J connectivity index is 2.68. The number of rotatable bonds is 6. The fourth-order valence-corrected chi connectivity index (χ4v) is 1.32. The van der Waals surface area contributed by atoms with Crippen LogP contribution in [0.1, 0.15) is 16.9 Å². The Hall–Kier alpha value is -1.96. The van der Waals surface area contributed by atoms with Crippen molar-refractivity contribution in [3.05, 3.63) is 22.0 Å². The van der Waals surface area contributed by atoms with Crippen LogP contribution in [0.4, 0.5) is 5.69 Å². The van der Waals surface area contributed by atoms with Crippen molar-refractivity contribution in [2.45, 2.75) is 6.42 Å². The molecule has 1 N–H and O–H groups in total. The summed E-state index contributed by atoms with van der Waals surface area (Å²) in [5.74, 6) is -0.507. The Bertz CT molecular complexity index is 415. The van der Waals surface area contributed by atoms with Crippen LogP contribution in [0.5, 0.6) is 0 Å². The number of amides is 1. The minimum Gasteiger partial charge on any atom is -0.385 e. The highest BCUT2D eigenvalue weighted by atomic mass is 16.6. The first-order valence-corrected chi connectivity index (χ1v) is 5.01. The Labute approximate surface area is 97.7 Å². The van der Waals surface area contributed by atoms with Gasteiger partial charge in [0.1, 0.15) is 6.20 Å². The van der Waals surface area contributed by atoms with E-state index in [9.17, 15) is 14.9 Å². The van der Waals surface area contributed by atoms with Crippen molar-refractivity contribution in [2.24, 2.45) is 7.05 Å². The highest BCUT2D eigenvalue weighted by Gasteiger charge is 2.24. The molecule has 8 heteroatoms. The molecule has 1 amide bonds. The maximum atomic E-state index is 11.7. The van der Waals surface area contributed by atoms with E-state index in [1.165, 1.54) is 11.7 Å². The standard InChI is InChI=1S/C9H14N4O4/c1-12-8(7(6-11-12)13(15)16)9(14)10-4-3-5-17-2/h6H,3-5H2,1-2H3,(H,10,14). The van der Waals surface area contributed by atoms with Crippen molar-refractivity contribution in [2.75, 3.05) is 20.3 Å². The third-order valence-electron chi connectivity index (χ3n) is 2.14. The number of carbonyl (C=O) groups excluding carboxylic acids is 1. The third-order valence-corrected chi connectivity index (χ3v) is 2.14. The van der Waals surface area contributed by atoms with Gasteiger partial charge in [-0.1, -0.05) is 0 Å². The number of carbonyl (C=O) groups is 1. The van der Waals surface area contributed by atoms with Crippen molar-refractivity contribution in [3.63, 3.8) is 0 Å². The van der Waals surface area contributed by atoms with Gasteiger partial charge in [-0.05, 0) is 6.42 Å². The molecular weight excluding hydrogens is 228 g/mol. The smallest absolute Gasteiger partial charge is 0.320 e. The zero-order valence-electron chi connectivity index (χ0n) is 9.67. The molecule has 0 fully saturated rings. The van der Waals surface area contributed by atoms with Gasteiger partial charge in [0.25, 0.3) is 5.91 Å². The van der Waals surface area contributed by atoms with E-state index in [0.717, 1.165) is 6.20 Å². The van der Waals surface area contributed by atoms with Gasteiger partial charge >= 0.3 is 5.69 Å². The molecule has 0 aromatic carbocycles. The van der Waals surface area contributed by atoms with E-state index in [1.807, 2.05) is 0 Å². The van der Waals surface area contributed by atoms with Gasteiger partial charge in [-0.2, -0.15) is 5.10 Å². The molecule has 0 aliphatic rings. The summed E-state index contributed by atoms with van der Waals surface area (Å²) in [6.07, 6.45) is 1.71. The predicted molar refractivity (Wildman–Crippen MR) is 58.7 cm³/mol. The molecule has 0 spiro atoms. The van der Waals surface area contributed by atoms with E-state index >= 15 is 0 Å². The monoisotopic (exact) mass is 242 g/mol. The summed E-state index contributed by atoms with van der Waals surface area (Å²) < 4.78 is 6.01. The van der Waals surface area contributed by atoms with Gasteiger partial charge in [0.2, 0.25) is 5.69 Å². The Morgan fingerprint density at radius 1 is 1.71 bits per heavy atom. The predicted octanol–water partition coefficient (Wildman–Crippen LogP) is 0.0946. The highest BCUT2D eigenvalue weighted by Crippen LogP contribution is 2.16. The van der Waals surface area contributed by atoms with Crippen LogP contribution < -0.4 is 5.32 Å². The van der Waals surface area contributed by atoms with Crippen molar-refractivity contribution >= 4 is 11.6 Å². The topological polar surface area (TPSA) is 99.3 Å². The van der Waals surface area contributed by atoms with E-state index < -0.39 is 10.8 Å². The van der Waals surface area contributed by atoms with Crippen molar-refractivity contribution in [1.82, 2.24) is 15.1 Å². The lowest BCUT2D eigenvalue weighted by Gasteiger charge is -2.04. The van der Waals surface area contributed by atoms with Gasteiger partial charge in [-0.15, -0.1) is 0 Å². The maximum absolute atomic E-state index is 11.7. The van der Waals surface area contributed by atoms with Gasteiger partial charge < -0.3 is 10.1 Å². The lowest BCUT2D eigenvalue weighted by Crippen LogP contribution is -2.27. The molecule has 0 saturated heterocycles. The summed E-state index contributed by atoms with van der Waals surface area (Å²) in [5, 5.41) is 16.9. The zero-order valence-corrected chi connectivity index (χ0v) is 9.67. The SMILES string of the molecule is COCCCNC(=O)c1c([N+](=O)[O-])cnn1C. The number of ether oxygens (including phenoxy) is 1. The van der Waals surface area contributed by atoms with Crippen LogP contribution in [-0.2, 0) is 11.8 Å².